The van der Waals surface area contributed by atoms with Crippen molar-refractivity contribution in [3.63, 3.8) is 0 Å². The number of amides is 1. The molecule has 0 bridgehead atoms. The number of nitrogens with one attached hydrogen (secondary N) is 1. The molecular formula is C17H20N4O3. The summed E-state index contributed by atoms with van der Waals surface area (Å²) in [6.07, 6.45) is 2.27. The summed E-state index contributed by atoms with van der Waals surface area (Å²) in [7, 11) is 1.65. The van der Waals surface area contributed by atoms with Crippen molar-refractivity contribution < 1.29 is 13.9 Å². The molecule has 7 nitrogen and oxygen atoms in total. The number of hydrogen-bond donors (Lipinski definition) is 1. The van der Waals surface area contributed by atoms with Gasteiger partial charge in [-0.3, -0.25) is 4.79 Å². The second-order valence-electron chi connectivity index (χ2n) is 5.52. The minimum Gasteiger partial charge on any atom is -0.461 e. The Morgan fingerprint density at radius 3 is 3.12 bits per heavy atom. The van der Waals surface area contributed by atoms with Crippen molar-refractivity contribution in [2.24, 2.45) is 0 Å². The number of nitrogens with zero attached hydrogens (tertiary/aromatic N) is 3. The highest BCUT2D eigenvalue weighted by Crippen LogP contribution is 2.22. The summed E-state index contributed by atoms with van der Waals surface area (Å²) in [4.78, 5) is 12.4. The van der Waals surface area contributed by atoms with E-state index in [0.717, 1.165) is 17.0 Å². The van der Waals surface area contributed by atoms with E-state index in [9.17, 15) is 4.79 Å². The van der Waals surface area contributed by atoms with E-state index in [0.29, 0.717) is 37.3 Å². The molecule has 0 aliphatic heterocycles. The number of hydrogen-bond acceptors (Lipinski definition) is 5. The molecule has 0 aliphatic rings. The van der Waals surface area contributed by atoms with Crippen molar-refractivity contribution in [1.82, 2.24) is 20.1 Å². The number of aromatic nitrogens is 3. The number of para-hydroxylation sites is 1. The Bertz CT molecular complexity index is 837. The molecule has 3 rings (SSSR count). The van der Waals surface area contributed by atoms with Gasteiger partial charge in [-0.05, 0) is 19.1 Å². The van der Waals surface area contributed by atoms with E-state index >= 15 is 0 Å². The van der Waals surface area contributed by atoms with Crippen LogP contribution in [-0.4, -0.2) is 40.9 Å². The SMILES string of the molecule is COCCn1cnnc1CCNC(=O)c1cccc2cc(C)oc12. The first-order valence-electron chi connectivity index (χ1n) is 7.82. The number of methoxy groups -OCH3 is 1. The third-order valence-corrected chi connectivity index (χ3v) is 3.78. The Morgan fingerprint density at radius 1 is 1.42 bits per heavy atom. The molecule has 0 unspecified atom stereocenters. The number of benzene rings is 1. The van der Waals surface area contributed by atoms with E-state index in [1.165, 1.54) is 0 Å². The van der Waals surface area contributed by atoms with E-state index in [1.807, 2.05) is 29.7 Å². The highest BCUT2D eigenvalue weighted by Gasteiger charge is 2.13. The average molecular weight is 328 g/mol. The normalized spacial score (nSPS) is 11.1. The van der Waals surface area contributed by atoms with E-state index in [4.69, 9.17) is 9.15 Å². The molecule has 0 saturated heterocycles. The smallest absolute Gasteiger partial charge is 0.255 e. The van der Waals surface area contributed by atoms with Gasteiger partial charge in [0.1, 0.15) is 23.5 Å². The first kappa shape index (κ1) is 16.2. The Kier molecular flexibility index (Phi) is 4.90. The first-order chi connectivity index (χ1) is 11.7. The maximum atomic E-state index is 12.4. The molecule has 0 fully saturated rings. The number of furan rings is 1. The maximum absolute atomic E-state index is 12.4. The summed E-state index contributed by atoms with van der Waals surface area (Å²) in [5.74, 6) is 1.45. The number of ether oxygens (including phenoxy) is 1. The minimum atomic E-state index is -0.155. The highest BCUT2D eigenvalue weighted by atomic mass is 16.5. The molecule has 0 aliphatic carbocycles. The fourth-order valence-electron chi connectivity index (χ4n) is 2.60. The largest absolute Gasteiger partial charge is 0.461 e. The van der Waals surface area contributed by atoms with Gasteiger partial charge in [0, 0.05) is 32.0 Å². The summed E-state index contributed by atoms with van der Waals surface area (Å²) >= 11 is 0. The van der Waals surface area contributed by atoms with Crippen LogP contribution in [0, 0.1) is 6.92 Å². The minimum absolute atomic E-state index is 0.155. The van der Waals surface area contributed by atoms with Crippen LogP contribution in [0.4, 0.5) is 0 Å². The van der Waals surface area contributed by atoms with Gasteiger partial charge in [-0.25, -0.2) is 0 Å². The zero-order valence-electron chi connectivity index (χ0n) is 13.8. The van der Waals surface area contributed by atoms with Crippen LogP contribution in [0.15, 0.2) is 35.0 Å². The van der Waals surface area contributed by atoms with E-state index in [-0.39, 0.29) is 5.91 Å². The predicted molar refractivity (Wildman–Crippen MR) is 88.9 cm³/mol. The van der Waals surface area contributed by atoms with Gasteiger partial charge in [-0.15, -0.1) is 10.2 Å². The second-order valence-corrected chi connectivity index (χ2v) is 5.52. The quantitative estimate of drug-likeness (QED) is 0.717. The number of fused-ring (bicyclic) bond motifs is 1. The average Bonchev–Trinajstić information content (AvgIpc) is 3.17. The van der Waals surface area contributed by atoms with Gasteiger partial charge in [0.2, 0.25) is 0 Å². The Hall–Kier alpha value is -2.67. The van der Waals surface area contributed by atoms with Gasteiger partial charge in [-0.2, -0.15) is 0 Å². The van der Waals surface area contributed by atoms with Crippen LogP contribution in [0.2, 0.25) is 0 Å². The van der Waals surface area contributed by atoms with Crippen molar-refractivity contribution >= 4 is 16.9 Å². The molecule has 0 radical (unpaired) electrons. The van der Waals surface area contributed by atoms with E-state index < -0.39 is 0 Å². The molecule has 126 valence electrons. The zero-order valence-corrected chi connectivity index (χ0v) is 13.8. The summed E-state index contributed by atoms with van der Waals surface area (Å²) < 4.78 is 12.6. The standard InChI is InChI=1S/C17H20N4O3/c1-12-10-13-4-3-5-14(16(13)24-12)17(22)18-7-6-15-20-19-11-21(15)8-9-23-2/h3-5,10-11H,6-9H2,1-2H3,(H,18,22). The van der Waals surface area contributed by atoms with Crippen LogP contribution in [-0.2, 0) is 17.7 Å². The third-order valence-electron chi connectivity index (χ3n) is 3.78. The highest BCUT2D eigenvalue weighted by molar-refractivity contribution is 6.04. The molecule has 1 aromatic carbocycles. The van der Waals surface area contributed by atoms with E-state index in [1.54, 1.807) is 19.5 Å². The van der Waals surface area contributed by atoms with E-state index in [2.05, 4.69) is 15.5 Å². The summed E-state index contributed by atoms with van der Waals surface area (Å²) in [5, 5.41) is 11.8. The fourth-order valence-corrected chi connectivity index (χ4v) is 2.60. The van der Waals surface area contributed by atoms with Crippen molar-refractivity contribution in [2.45, 2.75) is 19.9 Å². The molecule has 0 atom stereocenters. The number of rotatable bonds is 7. The summed E-state index contributed by atoms with van der Waals surface area (Å²) in [5.41, 5.74) is 1.16. The fraction of sp³-hybridized carbons (Fsp3) is 0.353. The van der Waals surface area contributed by atoms with Crippen LogP contribution < -0.4 is 5.32 Å². The Morgan fingerprint density at radius 2 is 2.29 bits per heavy atom. The number of carbonyl (C=O) groups is 1. The topological polar surface area (TPSA) is 82.2 Å². The van der Waals surface area contributed by atoms with Crippen LogP contribution in [0.3, 0.4) is 0 Å². The van der Waals surface area contributed by atoms with Crippen molar-refractivity contribution in [3.8, 4) is 0 Å². The summed E-state index contributed by atoms with van der Waals surface area (Å²) in [6.45, 7) is 3.63. The molecule has 2 heterocycles. The van der Waals surface area contributed by atoms with Crippen molar-refractivity contribution in [2.75, 3.05) is 20.3 Å². The summed E-state index contributed by atoms with van der Waals surface area (Å²) in [6, 6.07) is 7.47. The molecule has 1 N–H and O–H groups in total. The lowest BCUT2D eigenvalue weighted by atomic mass is 10.1. The van der Waals surface area contributed by atoms with Gasteiger partial charge in [0.05, 0.1) is 12.2 Å². The molecule has 24 heavy (non-hydrogen) atoms. The van der Waals surface area contributed by atoms with Crippen molar-refractivity contribution in [3.05, 3.63) is 47.7 Å². The molecule has 1 amide bonds. The van der Waals surface area contributed by atoms with Gasteiger partial charge in [0.25, 0.3) is 5.91 Å². The van der Waals surface area contributed by atoms with Crippen LogP contribution >= 0.6 is 0 Å². The zero-order chi connectivity index (χ0) is 16.9. The first-order valence-corrected chi connectivity index (χ1v) is 7.82. The van der Waals surface area contributed by atoms with Crippen LogP contribution in [0.25, 0.3) is 11.0 Å². The molecule has 2 aromatic heterocycles. The Balaban J connectivity index is 1.62. The predicted octanol–water partition coefficient (Wildman–Crippen LogP) is 1.95. The van der Waals surface area contributed by atoms with Gasteiger partial charge >= 0.3 is 0 Å². The van der Waals surface area contributed by atoms with Gasteiger partial charge in [0.15, 0.2) is 0 Å². The molecule has 0 saturated carbocycles. The number of carbonyl (C=O) groups excluding carboxylic acids is 1. The lowest BCUT2D eigenvalue weighted by Crippen LogP contribution is -2.26. The van der Waals surface area contributed by atoms with Gasteiger partial charge in [-0.1, -0.05) is 12.1 Å². The molecular weight excluding hydrogens is 308 g/mol. The lowest BCUT2D eigenvalue weighted by molar-refractivity contribution is 0.0954. The monoisotopic (exact) mass is 328 g/mol. The van der Waals surface area contributed by atoms with Crippen LogP contribution in [0.1, 0.15) is 21.9 Å². The third kappa shape index (κ3) is 3.46. The molecule has 3 aromatic rings. The molecule has 7 heteroatoms. The Labute approximate surface area is 139 Å². The van der Waals surface area contributed by atoms with Gasteiger partial charge < -0.3 is 19.0 Å². The molecule has 0 spiro atoms. The number of aryl methyl sites for hydroxylation is 1. The second kappa shape index (κ2) is 7.27. The van der Waals surface area contributed by atoms with Crippen molar-refractivity contribution in [1.29, 1.82) is 0 Å². The maximum Gasteiger partial charge on any atom is 0.255 e. The van der Waals surface area contributed by atoms with Crippen LogP contribution in [0.5, 0.6) is 0 Å². The lowest BCUT2D eigenvalue weighted by Gasteiger charge is -2.07.